The summed E-state index contributed by atoms with van der Waals surface area (Å²) in [6.07, 6.45) is 1.76. The van der Waals surface area contributed by atoms with Gasteiger partial charge in [0, 0.05) is 18.8 Å². The highest BCUT2D eigenvalue weighted by Crippen LogP contribution is 2.32. The van der Waals surface area contributed by atoms with E-state index in [2.05, 4.69) is 115 Å². The molecule has 164 valence electrons. The van der Waals surface area contributed by atoms with Crippen molar-refractivity contribution in [1.82, 2.24) is 0 Å². The highest BCUT2D eigenvalue weighted by atomic mass is 15.1. The molecule has 0 spiro atoms. The fourth-order valence-corrected chi connectivity index (χ4v) is 4.46. The van der Waals surface area contributed by atoms with Crippen LogP contribution in [0, 0.1) is 11.3 Å². The largest absolute Gasteiger partial charge is 0.367 e. The molecule has 0 heterocycles. The molecule has 4 rings (SSSR count). The van der Waals surface area contributed by atoms with Gasteiger partial charge in [-0.25, -0.2) is 0 Å². The van der Waals surface area contributed by atoms with Crippen molar-refractivity contribution in [3.63, 3.8) is 0 Å². The minimum Gasteiger partial charge on any atom is -0.367 e. The molecule has 4 aromatic rings. The predicted molar refractivity (Wildman–Crippen MR) is 138 cm³/mol. The lowest BCUT2D eigenvalue weighted by molar-refractivity contribution is 0.688. The third-order valence-corrected chi connectivity index (χ3v) is 6.19. The van der Waals surface area contributed by atoms with Gasteiger partial charge in [-0.05, 0) is 46.7 Å². The second-order valence-corrected chi connectivity index (χ2v) is 8.31. The topological polar surface area (TPSA) is 27.0 Å². The molecule has 0 bridgehead atoms. The first-order chi connectivity index (χ1) is 16.3. The molecule has 33 heavy (non-hydrogen) atoms. The molecule has 2 heteroatoms. The molecule has 0 aliphatic carbocycles. The standard InChI is InChI=1S/C31H30N2/c1-2-26-15-9-12-20-31(26)33(24-25-13-5-3-6-14-25)22-21-28(23-32)30-19-11-10-18-29(30)27-16-7-4-8-17-27/h3-20,28H,2,21-22,24H2,1H3. The zero-order valence-electron chi connectivity index (χ0n) is 19.2. The van der Waals surface area contributed by atoms with Crippen LogP contribution >= 0.6 is 0 Å². The number of nitrogens with zero attached hydrogens (tertiary/aromatic N) is 2. The maximum atomic E-state index is 10.2. The van der Waals surface area contributed by atoms with Gasteiger partial charge in [-0.2, -0.15) is 5.26 Å². The number of hydrogen-bond donors (Lipinski definition) is 0. The van der Waals surface area contributed by atoms with Gasteiger partial charge in [-0.15, -0.1) is 0 Å². The lowest BCUT2D eigenvalue weighted by Gasteiger charge is -2.28. The van der Waals surface area contributed by atoms with Crippen molar-refractivity contribution in [3.8, 4) is 17.2 Å². The van der Waals surface area contributed by atoms with Gasteiger partial charge < -0.3 is 4.90 Å². The summed E-state index contributed by atoms with van der Waals surface area (Å²) in [5.41, 5.74) is 7.29. The molecule has 0 aromatic heterocycles. The van der Waals surface area contributed by atoms with Crippen LogP contribution in [0.5, 0.6) is 0 Å². The summed E-state index contributed by atoms with van der Waals surface area (Å²) in [7, 11) is 0. The minimum absolute atomic E-state index is 0.173. The van der Waals surface area contributed by atoms with E-state index in [-0.39, 0.29) is 5.92 Å². The number of rotatable bonds is 9. The molecular formula is C31H30N2. The Morgan fingerprint density at radius 2 is 1.39 bits per heavy atom. The van der Waals surface area contributed by atoms with Gasteiger partial charge in [0.1, 0.15) is 0 Å². The average molecular weight is 431 g/mol. The molecule has 0 aliphatic rings. The van der Waals surface area contributed by atoms with Gasteiger partial charge >= 0.3 is 0 Å². The fraction of sp³-hybridized carbons (Fsp3) is 0.194. The number of anilines is 1. The maximum Gasteiger partial charge on any atom is 0.0735 e. The molecule has 0 aliphatic heterocycles. The number of benzene rings is 4. The van der Waals surface area contributed by atoms with E-state index in [1.807, 2.05) is 12.1 Å². The maximum absolute atomic E-state index is 10.2. The van der Waals surface area contributed by atoms with E-state index in [1.54, 1.807) is 0 Å². The molecule has 4 aromatic carbocycles. The van der Waals surface area contributed by atoms with Crippen molar-refractivity contribution in [1.29, 1.82) is 5.26 Å². The van der Waals surface area contributed by atoms with Gasteiger partial charge in [-0.1, -0.05) is 110 Å². The number of aryl methyl sites for hydroxylation is 1. The smallest absolute Gasteiger partial charge is 0.0735 e. The third kappa shape index (κ3) is 5.51. The molecular weight excluding hydrogens is 400 g/mol. The summed E-state index contributed by atoms with van der Waals surface area (Å²) in [5.74, 6) is -0.173. The minimum atomic E-state index is -0.173. The van der Waals surface area contributed by atoms with Crippen LogP contribution in [-0.4, -0.2) is 6.54 Å². The molecule has 0 saturated heterocycles. The van der Waals surface area contributed by atoms with Crippen LogP contribution in [0.25, 0.3) is 11.1 Å². The number of hydrogen-bond acceptors (Lipinski definition) is 2. The Morgan fingerprint density at radius 3 is 2.12 bits per heavy atom. The molecule has 0 radical (unpaired) electrons. The SMILES string of the molecule is CCc1ccccc1N(CCC(C#N)c1ccccc1-c1ccccc1)Cc1ccccc1. The highest BCUT2D eigenvalue weighted by Gasteiger charge is 2.18. The Hall–Kier alpha value is -3.83. The number of nitriles is 1. The summed E-state index contributed by atoms with van der Waals surface area (Å²) in [6.45, 7) is 3.84. The van der Waals surface area contributed by atoms with Crippen molar-refractivity contribution in [2.24, 2.45) is 0 Å². The summed E-state index contributed by atoms with van der Waals surface area (Å²) in [4.78, 5) is 2.43. The first-order valence-electron chi connectivity index (χ1n) is 11.7. The van der Waals surface area contributed by atoms with Crippen molar-refractivity contribution in [3.05, 3.63) is 126 Å². The predicted octanol–water partition coefficient (Wildman–Crippen LogP) is 7.62. The summed E-state index contributed by atoms with van der Waals surface area (Å²) < 4.78 is 0. The number of para-hydroxylation sites is 1. The Morgan fingerprint density at radius 1 is 0.758 bits per heavy atom. The van der Waals surface area contributed by atoms with Crippen molar-refractivity contribution in [2.75, 3.05) is 11.4 Å². The van der Waals surface area contributed by atoms with Crippen LogP contribution in [0.4, 0.5) is 5.69 Å². The molecule has 1 atom stereocenters. The van der Waals surface area contributed by atoms with Crippen LogP contribution in [-0.2, 0) is 13.0 Å². The van der Waals surface area contributed by atoms with Crippen molar-refractivity contribution in [2.45, 2.75) is 32.2 Å². The normalized spacial score (nSPS) is 11.5. The molecule has 0 fully saturated rings. The van der Waals surface area contributed by atoms with Crippen LogP contribution in [0.3, 0.4) is 0 Å². The van der Waals surface area contributed by atoms with E-state index in [9.17, 15) is 5.26 Å². The van der Waals surface area contributed by atoms with Crippen LogP contribution in [0.15, 0.2) is 109 Å². The molecule has 0 N–H and O–H groups in total. The second-order valence-electron chi connectivity index (χ2n) is 8.31. The van der Waals surface area contributed by atoms with Crippen molar-refractivity contribution < 1.29 is 0 Å². The van der Waals surface area contributed by atoms with E-state index < -0.39 is 0 Å². The van der Waals surface area contributed by atoms with E-state index in [0.29, 0.717) is 0 Å². The van der Waals surface area contributed by atoms with Crippen LogP contribution in [0.1, 0.15) is 36.0 Å². The first-order valence-corrected chi connectivity index (χ1v) is 11.7. The summed E-state index contributed by atoms with van der Waals surface area (Å²) in [5, 5.41) is 10.2. The molecule has 0 saturated carbocycles. The zero-order valence-corrected chi connectivity index (χ0v) is 19.2. The van der Waals surface area contributed by atoms with Gasteiger partial charge in [-0.3, -0.25) is 0 Å². The molecule has 1 unspecified atom stereocenters. The lowest BCUT2D eigenvalue weighted by atomic mass is 9.89. The molecule has 0 amide bonds. The Balaban J connectivity index is 1.62. The van der Waals surface area contributed by atoms with Gasteiger partial charge in [0.25, 0.3) is 0 Å². The van der Waals surface area contributed by atoms with E-state index in [4.69, 9.17) is 0 Å². The van der Waals surface area contributed by atoms with Gasteiger partial charge in [0.15, 0.2) is 0 Å². The zero-order chi connectivity index (χ0) is 22.9. The lowest BCUT2D eigenvalue weighted by Crippen LogP contribution is -2.26. The average Bonchev–Trinajstić information content (AvgIpc) is 2.89. The van der Waals surface area contributed by atoms with Gasteiger partial charge in [0.05, 0.1) is 12.0 Å². The van der Waals surface area contributed by atoms with Crippen LogP contribution in [0.2, 0.25) is 0 Å². The Kier molecular flexibility index (Phi) is 7.56. The van der Waals surface area contributed by atoms with Crippen LogP contribution < -0.4 is 4.90 Å². The fourth-order valence-electron chi connectivity index (χ4n) is 4.46. The molecule has 2 nitrogen and oxygen atoms in total. The second kappa shape index (κ2) is 11.2. The Bertz CT molecular complexity index is 1190. The Labute approximate surface area is 197 Å². The first kappa shape index (κ1) is 22.4. The third-order valence-electron chi connectivity index (χ3n) is 6.19. The monoisotopic (exact) mass is 430 g/mol. The van der Waals surface area contributed by atoms with Crippen molar-refractivity contribution >= 4 is 5.69 Å². The quantitative estimate of drug-likeness (QED) is 0.273. The van der Waals surface area contributed by atoms with E-state index in [1.165, 1.54) is 16.8 Å². The van der Waals surface area contributed by atoms with Gasteiger partial charge in [0.2, 0.25) is 0 Å². The van der Waals surface area contributed by atoms with E-state index >= 15 is 0 Å². The highest BCUT2D eigenvalue weighted by molar-refractivity contribution is 5.68. The summed E-state index contributed by atoms with van der Waals surface area (Å²) in [6, 6.07) is 40.5. The summed E-state index contributed by atoms with van der Waals surface area (Å²) >= 11 is 0. The van der Waals surface area contributed by atoms with E-state index in [0.717, 1.165) is 42.6 Å².